The average molecular weight is 393 g/mol. The van der Waals surface area contributed by atoms with Gasteiger partial charge in [-0.2, -0.15) is 18.3 Å². The summed E-state index contributed by atoms with van der Waals surface area (Å²) in [5.41, 5.74) is 4.14. The van der Waals surface area contributed by atoms with Crippen LogP contribution in [0.3, 0.4) is 0 Å². The van der Waals surface area contributed by atoms with Crippen LogP contribution in [0.5, 0.6) is 0 Å². The summed E-state index contributed by atoms with van der Waals surface area (Å²) in [5.74, 6) is -0.572. The standard InChI is InChI=1S/C21H26F3N3O/c1-20(2,3)14-7-9-15(10-8-14)27-18-6-4-5-17(16(18)13-25-27)26-19(28)11-12-21(22,23)24/h7-10,13,17H,4-6,11-12H2,1-3H3,(H,26,28)/t17-/m1/s1. The van der Waals surface area contributed by atoms with Gasteiger partial charge in [0.05, 0.1) is 24.3 Å². The van der Waals surface area contributed by atoms with Crippen LogP contribution in [0.4, 0.5) is 13.2 Å². The first-order valence-electron chi connectivity index (χ1n) is 9.58. The van der Waals surface area contributed by atoms with Gasteiger partial charge in [0, 0.05) is 17.7 Å². The van der Waals surface area contributed by atoms with Crippen LogP contribution >= 0.6 is 0 Å². The maximum Gasteiger partial charge on any atom is 0.389 e. The van der Waals surface area contributed by atoms with E-state index in [2.05, 4.69) is 43.3 Å². The molecule has 0 aliphatic heterocycles. The molecule has 1 aliphatic rings. The number of amides is 1. The molecule has 0 radical (unpaired) electrons. The average Bonchev–Trinajstić information content (AvgIpc) is 3.04. The highest BCUT2D eigenvalue weighted by Gasteiger charge is 2.30. The molecule has 0 spiro atoms. The van der Waals surface area contributed by atoms with Crippen LogP contribution in [0.2, 0.25) is 0 Å². The number of nitrogens with zero attached hydrogens (tertiary/aromatic N) is 2. The molecule has 0 saturated carbocycles. The SMILES string of the molecule is CC(C)(C)c1ccc(-n2ncc3c2CCC[C@H]3NC(=O)CCC(F)(F)F)cc1. The van der Waals surface area contributed by atoms with Gasteiger partial charge in [-0.05, 0) is 42.4 Å². The smallest absolute Gasteiger partial charge is 0.349 e. The Bertz CT molecular complexity index is 832. The molecule has 1 aliphatic carbocycles. The molecular weight excluding hydrogens is 367 g/mol. The van der Waals surface area contributed by atoms with Crippen LogP contribution in [0.25, 0.3) is 5.69 Å². The number of hydrogen-bond donors (Lipinski definition) is 1. The quantitative estimate of drug-likeness (QED) is 0.794. The van der Waals surface area contributed by atoms with Crippen molar-refractivity contribution in [1.82, 2.24) is 15.1 Å². The molecule has 1 aromatic heterocycles. The number of carbonyl (C=O) groups is 1. The highest BCUT2D eigenvalue weighted by Crippen LogP contribution is 2.32. The van der Waals surface area contributed by atoms with E-state index in [1.807, 2.05) is 16.8 Å². The summed E-state index contributed by atoms with van der Waals surface area (Å²) in [6.45, 7) is 6.47. The lowest BCUT2D eigenvalue weighted by Gasteiger charge is -2.24. The second-order valence-electron chi connectivity index (χ2n) is 8.38. The molecule has 1 N–H and O–H groups in total. The molecule has 0 unspecified atom stereocenters. The van der Waals surface area contributed by atoms with Crippen molar-refractivity contribution in [2.24, 2.45) is 0 Å². The lowest BCUT2D eigenvalue weighted by Crippen LogP contribution is -2.31. The minimum Gasteiger partial charge on any atom is -0.349 e. The Kier molecular flexibility index (Phi) is 5.55. The molecule has 0 fully saturated rings. The van der Waals surface area contributed by atoms with E-state index < -0.39 is 24.9 Å². The van der Waals surface area contributed by atoms with E-state index in [1.54, 1.807) is 6.20 Å². The minimum absolute atomic E-state index is 0.0634. The summed E-state index contributed by atoms with van der Waals surface area (Å²) in [6.07, 6.45) is -1.86. The number of fused-ring (bicyclic) bond motifs is 1. The van der Waals surface area contributed by atoms with E-state index in [0.717, 1.165) is 29.8 Å². The van der Waals surface area contributed by atoms with Crippen LogP contribution in [-0.2, 0) is 16.6 Å². The molecular formula is C21H26F3N3O. The number of nitrogens with one attached hydrogen (secondary N) is 1. The summed E-state index contributed by atoms with van der Waals surface area (Å²) in [4.78, 5) is 11.9. The van der Waals surface area contributed by atoms with Crippen molar-refractivity contribution in [2.45, 2.75) is 70.5 Å². The van der Waals surface area contributed by atoms with Crippen molar-refractivity contribution in [3.63, 3.8) is 0 Å². The molecule has 152 valence electrons. The first-order valence-corrected chi connectivity index (χ1v) is 9.58. The predicted molar refractivity (Wildman–Crippen MR) is 101 cm³/mol. The van der Waals surface area contributed by atoms with Gasteiger partial charge in [-0.15, -0.1) is 0 Å². The predicted octanol–water partition coefficient (Wildman–Crippen LogP) is 5.01. The molecule has 1 amide bonds. The summed E-state index contributed by atoms with van der Waals surface area (Å²) < 4.78 is 38.9. The number of rotatable bonds is 4. The number of aromatic nitrogens is 2. The van der Waals surface area contributed by atoms with Gasteiger partial charge in [0.1, 0.15) is 0 Å². The fraction of sp³-hybridized carbons (Fsp3) is 0.524. The Balaban J connectivity index is 1.76. The molecule has 4 nitrogen and oxygen atoms in total. The molecule has 28 heavy (non-hydrogen) atoms. The Hall–Kier alpha value is -2.31. The van der Waals surface area contributed by atoms with Crippen LogP contribution < -0.4 is 5.32 Å². The van der Waals surface area contributed by atoms with Gasteiger partial charge in [0.2, 0.25) is 5.91 Å². The molecule has 2 aromatic rings. The highest BCUT2D eigenvalue weighted by molar-refractivity contribution is 5.76. The highest BCUT2D eigenvalue weighted by atomic mass is 19.4. The number of benzene rings is 1. The zero-order valence-electron chi connectivity index (χ0n) is 16.4. The molecule has 0 saturated heterocycles. The van der Waals surface area contributed by atoms with E-state index in [0.29, 0.717) is 6.42 Å². The molecule has 1 atom stereocenters. The van der Waals surface area contributed by atoms with Crippen molar-refractivity contribution < 1.29 is 18.0 Å². The van der Waals surface area contributed by atoms with E-state index >= 15 is 0 Å². The van der Waals surface area contributed by atoms with E-state index in [1.165, 1.54) is 5.56 Å². The van der Waals surface area contributed by atoms with Gasteiger partial charge < -0.3 is 5.32 Å². The first kappa shape index (κ1) is 20.4. The second-order valence-corrected chi connectivity index (χ2v) is 8.38. The maximum atomic E-state index is 12.3. The Morgan fingerprint density at radius 1 is 1.21 bits per heavy atom. The topological polar surface area (TPSA) is 46.9 Å². The van der Waals surface area contributed by atoms with E-state index in [4.69, 9.17) is 0 Å². The zero-order valence-corrected chi connectivity index (χ0v) is 16.4. The third kappa shape index (κ3) is 4.75. The lowest BCUT2D eigenvalue weighted by atomic mass is 9.87. The van der Waals surface area contributed by atoms with Crippen LogP contribution in [0.15, 0.2) is 30.5 Å². The minimum atomic E-state index is -4.32. The number of carbonyl (C=O) groups excluding carboxylic acids is 1. The van der Waals surface area contributed by atoms with Gasteiger partial charge >= 0.3 is 6.18 Å². The Morgan fingerprint density at radius 2 is 1.89 bits per heavy atom. The monoisotopic (exact) mass is 393 g/mol. The van der Waals surface area contributed by atoms with Crippen LogP contribution in [0.1, 0.15) is 69.3 Å². The second kappa shape index (κ2) is 7.60. The van der Waals surface area contributed by atoms with Crippen molar-refractivity contribution in [2.75, 3.05) is 0 Å². The molecule has 7 heteroatoms. The van der Waals surface area contributed by atoms with Crippen molar-refractivity contribution >= 4 is 5.91 Å². The van der Waals surface area contributed by atoms with Gasteiger partial charge in [-0.3, -0.25) is 4.79 Å². The van der Waals surface area contributed by atoms with E-state index in [-0.39, 0.29) is 11.5 Å². The largest absolute Gasteiger partial charge is 0.389 e. The van der Waals surface area contributed by atoms with E-state index in [9.17, 15) is 18.0 Å². The van der Waals surface area contributed by atoms with Gasteiger partial charge in [0.25, 0.3) is 0 Å². The maximum absolute atomic E-state index is 12.3. The fourth-order valence-electron chi connectivity index (χ4n) is 3.55. The van der Waals surface area contributed by atoms with Gasteiger partial charge in [-0.25, -0.2) is 4.68 Å². The van der Waals surface area contributed by atoms with Crippen LogP contribution in [-0.4, -0.2) is 21.9 Å². The van der Waals surface area contributed by atoms with Crippen LogP contribution in [0, 0.1) is 0 Å². The third-order valence-corrected chi connectivity index (χ3v) is 5.13. The summed E-state index contributed by atoms with van der Waals surface area (Å²) in [6, 6.07) is 7.94. The number of alkyl halides is 3. The van der Waals surface area contributed by atoms with Crippen molar-refractivity contribution in [3.8, 4) is 5.69 Å². The third-order valence-electron chi connectivity index (χ3n) is 5.13. The lowest BCUT2D eigenvalue weighted by molar-refractivity contribution is -0.144. The van der Waals surface area contributed by atoms with Crippen molar-refractivity contribution in [3.05, 3.63) is 47.3 Å². The van der Waals surface area contributed by atoms with Gasteiger partial charge in [-0.1, -0.05) is 32.9 Å². The Labute approximate surface area is 163 Å². The fourth-order valence-corrected chi connectivity index (χ4v) is 3.55. The summed E-state index contributed by atoms with van der Waals surface area (Å²) >= 11 is 0. The molecule has 3 rings (SSSR count). The summed E-state index contributed by atoms with van der Waals surface area (Å²) in [7, 11) is 0. The Morgan fingerprint density at radius 3 is 2.50 bits per heavy atom. The normalized spacial score (nSPS) is 17.3. The van der Waals surface area contributed by atoms with Crippen molar-refractivity contribution in [1.29, 1.82) is 0 Å². The molecule has 0 bridgehead atoms. The first-order chi connectivity index (χ1) is 13.0. The summed E-state index contributed by atoms with van der Waals surface area (Å²) in [5, 5.41) is 7.24. The number of halogens is 3. The van der Waals surface area contributed by atoms with Gasteiger partial charge in [0.15, 0.2) is 0 Å². The zero-order chi connectivity index (χ0) is 20.5. The molecule has 1 aromatic carbocycles. The molecule has 1 heterocycles. The number of hydrogen-bond acceptors (Lipinski definition) is 2.